The van der Waals surface area contributed by atoms with Crippen LogP contribution in [0.2, 0.25) is 0 Å². The van der Waals surface area contributed by atoms with Crippen molar-refractivity contribution in [2.45, 2.75) is 38.1 Å². The SMILES string of the molecule is CC1(N)CCCCC1C(=O)N1CCN(c2ccnc(-c3ccccc3)n2)CC1. The summed E-state index contributed by atoms with van der Waals surface area (Å²) in [7, 11) is 0. The molecule has 1 aromatic carbocycles. The summed E-state index contributed by atoms with van der Waals surface area (Å²) in [6.07, 6.45) is 5.89. The molecule has 1 aliphatic carbocycles. The highest BCUT2D eigenvalue weighted by Crippen LogP contribution is 2.33. The van der Waals surface area contributed by atoms with Crippen LogP contribution in [0.3, 0.4) is 0 Å². The summed E-state index contributed by atoms with van der Waals surface area (Å²) in [6.45, 7) is 5.04. The van der Waals surface area contributed by atoms with Gasteiger partial charge in [-0.15, -0.1) is 0 Å². The van der Waals surface area contributed by atoms with Crippen LogP contribution in [0.25, 0.3) is 11.4 Å². The Morgan fingerprint density at radius 1 is 1.11 bits per heavy atom. The quantitative estimate of drug-likeness (QED) is 0.887. The number of carbonyl (C=O) groups is 1. The van der Waals surface area contributed by atoms with Crippen molar-refractivity contribution < 1.29 is 4.79 Å². The highest BCUT2D eigenvalue weighted by Gasteiger charge is 2.40. The van der Waals surface area contributed by atoms with Crippen LogP contribution in [0.15, 0.2) is 42.6 Å². The molecule has 0 bridgehead atoms. The van der Waals surface area contributed by atoms with Crippen molar-refractivity contribution in [1.82, 2.24) is 14.9 Å². The van der Waals surface area contributed by atoms with Gasteiger partial charge in [-0.2, -0.15) is 0 Å². The van der Waals surface area contributed by atoms with Crippen molar-refractivity contribution in [2.75, 3.05) is 31.1 Å². The summed E-state index contributed by atoms with van der Waals surface area (Å²) >= 11 is 0. The Morgan fingerprint density at radius 2 is 1.86 bits per heavy atom. The second-order valence-corrected chi connectivity index (χ2v) is 8.22. The lowest BCUT2D eigenvalue weighted by atomic mass is 9.74. The van der Waals surface area contributed by atoms with Gasteiger partial charge < -0.3 is 15.5 Å². The fourth-order valence-corrected chi connectivity index (χ4v) is 4.39. The maximum Gasteiger partial charge on any atom is 0.227 e. The summed E-state index contributed by atoms with van der Waals surface area (Å²) in [6, 6.07) is 12.0. The number of amides is 1. The van der Waals surface area contributed by atoms with Crippen LogP contribution in [0.1, 0.15) is 32.6 Å². The minimum absolute atomic E-state index is 0.0449. The molecule has 1 amide bonds. The number of benzene rings is 1. The molecule has 1 aliphatic heterocycles. The predicted octanol–water partition coefficient (Wildman–Crippen LogP) is 2.70. The van der Waals surface area contributed by atoms with Crippen LogP contribution < -0.4 is 10.6 Å². The smallest absolute Gasteiger partial charge is 0.227 e. The summed E-state index contributed by atoms with van der Waals surface area (Å²) in [4.78, 5) is 26.4. The number of hydrogen-bond donors (Lipinski definition) is 1. The van der Waals surface area contributed by atoms with E-state index in [1.54, 1.807) is 0 Å². The number of aromatic nitrogens is 2. The zero-order valence-electron chi connectivity index (χ0n) is 16.6. The Bertz CT molecular complexity index is 815. The van der Waals surface area contributed by atoms with Crippen LogP contribution in [0.4, 0.5) is 5.82 Å². The minimum Gasteiger partial charge on any atom is -0.353 e. The van der Waals surface area contributed by atoms with E-state index in [1.807, 2.05) is 54.4 Å². The lowest BCUT2D eigenvalue weighted by Crippen LogP contribution is -2.57. The molecule has 1 saturated carbocycles. The largest absolute Gasteiger partial charge is 0.353 e. The molecule has 2 fully saturated rings. The summed E-state index contributed by atoms with van der Waals surface area (Å²) in [5.74, 6) is 1.84. The molecule has 2 aliphatic rings. The number of hydrogen-bond acceptors (Lipinski definition) is 5. The second-order valence-electron chi connectivity index (χ2n) is 8.22. The Labute approximate surface area is 166 Å². The van der Waals surface area contributed by atoms with Crippen molar-refractivity contribution in [3.63, 3.8) is 0 Å². The van der Waals surface area contributed by atoms with Crippen molar-refractivity contribution in [1.29, 1.82) is 0 Å². The van der Waals surface area contributed by atoms with Gasteiger partial charge in [0.1, 0.15) is 5.82 Å². The van der Waals surface area contributed by atoms with Gasteiger partial charge >= 0.3 is 0 Å². The summed E-state index contributed by atoms with van der Waals surface area (Å²) < 4.78 is 0. The molecule has 0 radical (unpaired) electrons. The molecular weight excluding hydrogens is 350 g/mol. The average molecular weight is 380 g/mol. The van der Waals surface area contributed by atoms with Gasteiger partial charge in [-0.3, -0.25) is 4.79 Å². The third-order valence-electron chi connectivity index (χ3n) is 6.14. The fourth-order valence-electron chi connectivity index (χ4n) is 4.39. The Morgan fingerprint density at radius 3 is 2.57 bits per heavy atom. The third-order valence-corrected chi connectivity index (χ3v) is 6.14. The van der Waals surface area contributed by atoms with Gasteiger partial charge in [0, 0.05) is 43.5 Å². The number of anilines is 1. The van der Waals surface area contributed by atoms with Crippen molar-refractivity contribution >= 4 is 11.7 Å². The molecule has 1 aromatic heterocycles. The zero-order valence-corrected chi connectivity index (χ0v) is 16.6. The number of rotatable bonds is 3. The van der Waals surface area contributed by atoms with Crippen LogP contribution in [-0.2, 0) is 4.79 Å². The van der Waals surface area contributed by atoms with Crippen LogP contribution in [0.5, 0.6) is 0 Å². The van der Waals surface area contributed by atoms with E-state index in [-0.39, 0.29) is 17.4 Å². The summed E-state index contributed by atoms with van der Waals surface area (Å²) in [5, 5.41) is 0. The summed E-state index contributed by atoms with van der Waals surface area (Å²) in [5.41, 5.74) is 7.09. The van der Waals surface area contributed by atoms with Gasteiger partial charge in [0.2, 0.25) is 5.91 Å². The maximum absolute atomic E-state index is 13.1. The van der Waals surface area contributed by atoms with E-state index in [1.165, 1.54) is 0 Å². The molecule has 148 valence electrons. The normalized spacial score (nSPS) is 25.6. The second kappa shape index (κ2) is 7.87. The van der Waals surface area contributed by atoms with Gasteiger partial charge in [-0.1, -0.05) is 43.2 Å². The van der Waals surface area contributed by atoms with Crippen molar-refractivity contribution in [2.24, 2.45) is 11.7 Å². The van der Waals surface area contributed by atoms with Crippen molar-refractivity contribution in [3.8, 4) is 11.4 Å². The molecule has 4 rings (SSSR count). The highest BCUT2D eigenvalue weighted by atomic mass is 16.2. The van der Waals surface area contributed by atoms with Gasteiger partial charge in [-0.25, -0.2) is 9.97 Å². The molecule has 28 heavy (non-hydrogen) atoms. The highest BCUT2D eigenvalue weighted by molar-refractivity contribution is 5.80. The number of nitrogens with zero attached hydrogens (tertiary/aromatic N) is 4. The maximum atomic E-state index is 13.1. The molecule has 6 nitrogen and oxygen atoms in total. The van der Waals surface area contributed by atoms with Crippen LogP contribution in [-0.4, -0.2) is 52.5 Å². The van der Waals surface area contributed by atoms with E-state index in [0.717, 1.165) is 69.1 Å². The molecule has 0 spiro atoms. The Balaban J connectivity index is 1.41. The standard InChI is InChI=1S/C22H29N5O/c1-22(23)11-6-5-9-18(22)21(28)27-15-13-26(14-16-27)19-10-12-24-20(25-19)17-7-3-2-4-8-17/h2-4,7-8,10,12,18H,5-6,9,11,13-16,23H2,1H3. The van der Waals surface area contributed by atoms with Crippen molar-refractivity contribution in [3.05, 3.63) is 42.6 Å². The molecule has 2 aromatic rings. The lowest BCUT2D eigenvalue weighted by molar-refractivity contribution is -0.139. The van der Waals surface area contributed by atoms with Gasteiger partial charge in [-0.05, 0) is 25.8 Å². The lowest BCUT2D eigenvalue weighted by Gasteiger charge is -2.42. The zero-order chi connectivity index (χ0) is 19.6. The topological polar surface area (TPSA) is 75.4 Å². The van der Waals surface area contributed by atoms with Gasteiger partial charge in [0.15, 0.2) is 5.82 Å². The molecule has 2 unspecified atom stereocenters. The third kappa shape index (κ3) is 3.87. The number of piperazine rings is 1. The first kappa shape index (κ1) is 18.9. The van der Waals surface area contributed by atoms with E-state index in [0.29, 0.717) is 0 Å². The van der Waals surface area contributed by atoms with E-state index in [2.05, 4.69) is 9.88 Å². The first-order chi connectivity index (χ1) is 13.5. The molecule has 1 saturated heterocycles. The molecular formula is C22H29N5O. The average Bonchev–Trinajstić information content (AvgIpc) is 2.74. The number of carbonyl (C=O) groups excluding carboxylic acids is 1. The van der Waals surface area contributed by atoms with E-state index >= 15 is 0 Å². The van der Waals surface area contributed by atoms with E-state index < -0.39 is 0 Å². The van der Waals surface area contributed by atoms with Gasteiger partial charge in [0.25, 0.3) is 0 Å². The Hall–Kier alpha value is -2.47. The Kier molecular flexibility index (Phi) is 5.31. The number of nitrogens with two attached hydrogens (primary N) is 1. The molecule has 6 heteroatoms. The van der Waals surface area contributed by atoms with E-state index in [4.69, 9.17) is 10.7 Å². The molecule has 2 N–H and O–H groups in total. The van der Waals surface area contributed by atoms with Crippen LogP contribution in [0, 0.1) is 5.92 Å². The monoisotopic (exact) mass is 379 g/mol. The fraction of sp³-hybridized carbons (Fsp3) is 0.500. The molecule has 2 atom stereocenters. The minimum atomic E-state index is -0.371. The van der Waals surface area contributed by atoms with Gasteiger partial charge in [0.05, 0.1) is 5.92 Å². The molecule has 2 heterocycles. The predicted molar refractivity (Wildman–Crippen MR) is 111 cm³/mol. The first-order valence-electron chi connectivity index (χ1n) is 10.3. The van der Waals surface area contributed by atoms with Crippen LogP contribution >= 0.6 is 0 Å². The first-order valence-corrected chi connectivity index (χ1v) is 10.3. The van der Waals surface area contributed by atoms with E-state index in [9.17, 15) is 4.79 Å².